The number of phenols is 4. The number of benzene rings is 10. The molecule has 0 aromatic heterocycles. The number of carbonyl (C=O) groups is 3. The van der Waals surface area contributed by atoms with Crippen molar-refractivity contribution >= 4 is 69.9 Å². The van der Waals surface area contributed by atoms with Gasteiger partial charge in [0.15, 0.2) is 11.6 Å². The topological polar surface area (TPSA) is 188 Å². The van der Waals surface area contributed by atoms with Gasteiger partial charge in [-0.15, -0.1) is 0 Å². The molecule has 107 heavy (non-hydrogen) atoms. The summed E-state index contributed by atoms with van der Waals surface area (Å²) in [6, 6.07) is 64.5. The highest BCUT2D eigenvalue weighted by atomic mass is 35.8. The highest BCUT2D eigenvalue weighted by Gasteiger charge is 2.19. The Labute approximate surface area is 656 Å². The Morgan fingerprint density at radius 3 is 0.785 bits per heavy atom. The summed E-state index contributed by atoms with van der Waals surface area (Å²) in [4.78, 5) is 33.7. The van der Waals surface area contributed by atoms with E-state index >= 15 is 0 Å². The van der Waals surface area contributed by atoms with Gasteiger partial charge in [0.2, 0.25) is 5.24 Å². The van der Waals surface area contributed by atoms with Gasteiger partial charge in [-0.1, -0.05) is 185 Å². The summed E-state index contributed by atoms with van der Waals surface area (Å²) in [5.74, 6) is 5.64. The van der Waals surface area contributed by atoms with Gasteiger partial charge in [-0.05, 0) is 169 Å². The first-order valence-corrected chi connectivity index (χ1v) is 41.6. The van der Waals surface area contributed by atoms with Crippen molar-refractivity contribution in [1.82, 2.24) is 0 Å². The van der Waals surface area contributed by atoms with Crippen LogP contribution < -0.4 is 28.4 Å². The predicted octanol–water partition coefficient (Wildman–Crippen LogP) is 24.5. The lowest BCUT2D eigenvalue weighted by Crippen LogP contribution is -2.01. The minimum absolute atomic E-state index is 0.0543. The number of aromatic hydroxyl groups is 4. The van der Waals surface area contributed by atoms with Crippen molar-refractivity contribution in [3.05, 3.63) is 240 Å². The number of aryl methyl sites for hydroxylation is 4. The van der Waals surface area contributed by atoms with E-state index in [1.165, 1.54) is 22.3 Å². The Hall–Kier alpha value is -9.10. The van der Waals surface area contributed by atoms with Gasteiger partial charge in [0.05, 0.1) is 42.7 Å². The second kappa shape index (κ2) is 51.2. The number of ether oxygens (including phenoxy) is 6. The lowest BCUT2D eigenvalue weighted by Gasteiger charge is -2.15. The molecule has 0 aliphatic heterocycles. The maximum Gasteiger partial charge on any atom is 0.643 e. The number of halogens is 4. The molecule has 13 nitrogen and oxygen atoms in total. The van der Waals surface area contributed by atoms with E-state index < -0.39 is 11.4 Å². The van der Waals surface area contributed by atoms with Crippen molar-refractivity contribution in [2.45, 2.75) is 133 Å². The summed E-state index contributed by atoms with van der Waals surface area (Å²) in [6.07, 6.45) is 9.79. The van der Waals surface area contributed by atoms with E-state index in [9.17, 15) is 34.8 Å². The molecule has 0 unspecified atom stereocenters. The van der Waals surface area contributed by atoms with Crippen LogP contribution >= 0.6 is 41.7 Å². The summed E-state index contributed by atoms with van der Waals surface area (Å²) in [5, 5.41) is 39.1. The van der Waals surface area contributed by atoms with Gasteiger partial charge in [0.25, 0.3) is 0 Å². The first-order chi connectivity index (χ1) is 51.6. The quantitative estimate of drug-likeness (QED) is 0.0254. The van der Waals surface area contributed by atoms with Crippen LogP contribution in [0.5, 0.6) is 57.5 Å². The fraction of sp³-hybridized carbons (Fsp3) is 0.292. The third-order valence-electron chi connectivity index (χ3n) is 16.2. The van der Waals surface area contributed by atoms with Crippen LogP contribution in [0, 0.1) is 0 Å². The van der Waals surface area contributed by atoms with Crippen molar-refractivity contribution in [1.29, 1.82) is 0 Å². The third-order valence-corrected chi connectivity index (χ3v) is 16.5. The second-order valence-electron chi connectivity index (χ2n) is 23.5. The molecule has 0 aliphatic rings. The van der Waals surface area contributed by atoms with Crippen LogP contribution in [-0.4, -0.2) is 91.3 Å². The van der Waals surface area contributed by atoms with Crippen molar-refractivity contribution in [3.63, 3.8) is 0 Å². The number of hydrogen-bond donors (Lipinski definition) is 4. The number of para-hydroxylation sites is 4. The van der Waals surface area contributed by atoms with Gasteiger partial charge in [0, 0.05) is 86.0 Å². The van der Waals surface area contributed by atoms with Crippen LogP contribution in [0.25, 0.3) is 55.6 Å². The molecule has 0 bridgehead atoms. The number of carbonyl (C=O) groups excluding carboxylic acids is 3. The van der Waals surface area contributed by atoms with Gasteiger partial charge >= 0.3 is 11.4 Å². The van der Waals surface area contributed by atoms with Crippen LogP contribution in [0.15, 0.2) is 206 Å². The minimum Gasteiger partial charge on any atom is -0.507 e. The Balaban J connectivity index is 0.000000338. The molecule has 0 heterocycles. The highest BCUT2D eigenvalue weighted by Crippen LogP contribution is 2.42. The van der Waals surface area contributed by atoms with E-state index in [1.54, 1.807) is 135 Å². The molecule has 0 fully saturated rings. The standard InChI is InChI=1S/C20H22O4.C20H26O2.C18H22O2.C14H14O2.C12H10O2.C3H5ClO.C2H6.Al.3ClH/c1-5-17(21)13-7-9-19(23-3)15(11-13)16-12-14(18(22)6-2)8-10-20(16)24-4;1-5-7-15-9-11-19(21-3)17(13-15)18-14-16(8-6-2)10-12-20(18)22-4;1-3-5-13-7-9-17(19)15(11-13)16-12-14(6-4-2)8-10-18(16)20;1-15-13-9-5-3-7-11(13)12-8-4-6-10-14(12)16-2;13-11-7-3-1-5-9(11)10-6-2-4-8-12(10)14;1-2-3(4)5;1-2;;;;/h7-12H,5-6H2,1-4H3;9-14H,5-8H2,1-4H3;7-12,19-20H,3-6H2,1-2H3;3-10H,1-2H3;1-8,13-14H;2H2,1H3;1-2H3;;3*1H/q;;;;;;;+3;;;/p-3. The lowest BCUT2D eigenvalue weighted by molar-refractivity contribution is -0.111. The molecule has 0 spiro atoms. The maximum absolute atomic E-state index is 12.0. The molecule has 0 saturated heterocycles. The lowest BCUT2D eigenvalue weighted by atomic mass is 9.96. The third kappa shape index (κ3) is 29.9. The molecular weight excluding hydrogens is 1450 g/mol. The average molecular weight is 1550 g/mol. The van der Waals surface area contributed by atoms with Crippen LogP contribution in [0.4, 0.5) is 0 Å². The number of hydrogen-bond acceptors (Lipinski definition) is 13. The van der Waals surface area contributed by atoms with Crippen LogP contribution in [0.3, 0.4) is 0 Å². The average Bonchev–Trinajstić information content (AvgIpc) is 0.818. The molecule has 0 aliphatic carbocycles. The van der Waals surface area contributed by atoms with Crippen LogP contribution in [-0.2, 0) is 30.5 Å². The van der Waals surface area contributed by atoms with Gasteiger partial charge in [-0.3, -0.25) is 14.4 Å². The Morgan fingerprint density at radius 2 is 0.523 bits per heavy atom. The normalized spacial score (nSPS) is 9.93. The molecule has 4 N–H and O–H groups in total. The van der Waals surface area contributed by atoms with Crippen molar-refractivity contribution in [2.24, 2.45) is 0 Å². The summed E-state index contributed by atoms with van der Waals surface area (Å²) in [5.41, 5.74) is 14.8. The van der Waals surface area contributed by atoms with Gasteiger partial charge < -0.3 is 48.8 Å². The van der Waals surface area contributed by atoms with Crippen molar-refractivity contribution in [2.75, 3.05) is 42.7 Å². The number of rotatable bonds is 24. The number of methoxy groups -OCH3 is 6. The molecule has 0 saturated carbocycles. The zero-order valence-electron chi connectivity index (χ0n) is 64.5. The van der Waals surface area contributed by atoms with Crippen molar-refractivity contribution < 1.29 is 63.2 Å². The maximum atomic E-state index is 12.0. The fourth-order valence-corrected chi connectivity index (χ4v) is 11.0. The van der Waals surface area contributed by atoms with E-state index in [0.717, 1.165) is 108 Å². The number of ketones is 2. The van der Waals surface area contributed by atoms with E-state index in [4.69, 9.17) is 70.2 Å². The first-order valence-electron chi connectivity index (χ1n) is 35.9. The molecule has 570 valence electrons. The van der Waals surface area contributed by atoms with Crippen molar-refractivity contribution in [3.8, 4) is 113 Å². The number of Topliss-reactive ketones (excluding diaryl/α,β-unsaturated/α-hetero) is 2. The minimum atomic E-state index is -1.72. The molecule has 10 aromatic carbocycles. The predicted molar refractivity (Wildman–Crippen MR) is 446 cm³/mol. The summed E-state index contributed by atoms with van der Waals surface area (Å²) >= 11 is 3.10. The van der Waals surface area contributed by atoms with E-state index in [-0.39, 0.29) is 39.8 Å². The molecule has 0 amide bonds. The largest absolute Gasteiger partial charge is 0.643 e. The molecule has 10 aromatic rings. The molecule has 18 heteroatoms. The fourth-order valence-electron chi connectivity index (χ4n) is 11.0. The van der Waals surface area contributed by atoms with Gasteiger partial charge in [-0.25, -0.2) is 30.1 Å². The molecular formula is C89H105AlCl4O13. The highest BCUT2D eigenvalue weighted by molar-refractivity contribution is 7.54. The smallest absolute Gasteiger partial charge is 0.507 e. The second-order valence-corrected chi connectivity index (χ2v) is 30.4. The number of phenolic OH excluding ortho intramolecular Hbond substituents is 4. The summed E-state index contributed by atoms with van der Waals surface area (Å²) in [7, 11) is 24.8. The van der Waals surface area contributed by atoms with E-state index in [0.29, 0.717) is 64.1 Å². The summed E-state index contributed by atoms with van der Waals surface area (Å²) in [6.45, 7) is 18.0. The van der Waals surface area contributed by atoms with E-state index in [1.807, 2.05) is 113 Å². The molecule has 10 rings (SSSR count). The Bertz CT molecular complexity index is 4070. The molecule has 0 atom stereocenters. The van der Waals surface area contributed by atoms with Gasteiger partial charge in [-0.2, -0.15) is 0 Å². The Morgan fingerprint density at radius 1 is 0.299 bits per heavy atom. The molecule has 0 radical (unpaired) electrons. The monoisotopic (exact) mass is 1550 g/mol. The first kappa shape index (κ1) is 92.1. The zero-order valence-corrected chi connectivity index (χ0v) is 68.6. The SMILES string of the molecule is CC.CCC(=O)Cl.CCC(=O)c1ccc(OC)c(-c2cc(C(=O)CC)ccc2OC)c1.CCCc1ccc(O)c(-c2cc(CCC)ccc2O)c1.CCCc1ccc(OC)c(-c2cc(CCC)ccc2OC)c1.COc1ccccc1-c1ccccc1OC.Oc1ccccc1-c1ccccc1O.[Cl][Al]([Cl])[Cl]. The zero-order chi connectivity index (χ0) is 79.4. The van der Waals surface area contributed by atoms with Crippen LogP contribution in [0.2, 0.25) is 0 Å². The van der Waals surface area contributed by atoms with Gasteiger partial charge in [0.1, 0.15) is 57.5 Å². The van der Waals surface area contributed by atoms with E-state index in [2.05, 4.69) is 64.1 Å². The van der Waals surface area contributed by atoms with Crippen LogP contribution in [0.1, 0.15) is 150 Å². The summed E-state index contributed by atoms with van der Waals surface area (Å²) < 4.78 is 32.7. The Kier molecular flexibility index (Phi) is 44.1.